The number of hydrogen-bond acceptors (Lipinski definition) is 5. The van der Waals surface area contributed by atoms with E-state index in [-0.39, 0.29) is 35.5 Å². The molecule has 0 aliphatic carbocycles. The van der Waals surface area contributed by atoms with Crippen molar-refractivity contribution in [3.05, 3.63) is 53.1 Å². The molecule has 1 N–H and O–H groups in total. The number of nitrogens with one attached hydrogen (secondary N) is 1. The Morgan fingerprint density at radius 1 is 1.10 bits per heavy atom. The second-order valence-electron chi connectivity index (χ2n) is 8.06. The summed E-state index contributed by atoms with van der Waals surface area (Å²) >= 11 is 6.04. The van der Waals surface area contributed by atoms with Crippen LogP contribution in [0.2, 0.25) is 5.02 Å². The summed E-state index contributed by atoms with van der Waals surface area (Å²) in [5.41, 5.74) is 1.43. The van der Waals surface area contributed by atoms with Crippen LogP contribution in [0.1, 0.15) is 19.4 Å². The number of amides is 1. The van der Waals surface area contributed by atoms with Crippen LogP contribution in [-0.4, -0.2) is 50.5 Å². The molecule has 3 unspecified atom stereocenters. The molecule has 0 aromatic heterocycles. The van der Waals surface area contributed by atoms with Gasteiger partial charge >= 0.3 is 0 Å². The van der Waals surface area contributed by atoms with Gasteiger partial charge in [0.25, 0.3) is 0 Å². The van der Waals surface area contributed by atoms with E-state index in [0.29, 0.717) is 30.2 Å². The molecule has 0 saturated carbocycles. The fourth-order valence-corrected chi connectivity index (χ4v) is 5.75. The fourth-order valence-electron chi connectivity index (χ4n) is 3.96. The standard InChI is InChI=1S/C22H25ClN2O5S/c1-14-11-25(12-15(2)30-14)31(27,28)20-6-4-19(5-7-20)24-22(26)17-9-16-10-18(23)3-8-21(16)29-13-17/h3-8,10,14-15,17H,9,11-13H2,1-2H3,(H,24,26). The Hall–Kier alpha value is -2.13. The summed E-state index contributed by atoms with van der Waals surface area (Å²) in [6.45, 7) is 4.63. The number of rotatable bonds is 4. The summed E-state index contributed by atoms with van der Waals surface area (Å²) in [4.78, 5) is 12.9. The predicted molar refractivity (Wildman–Crippen MR) is 118 cm³/mol. The second kappa shape index (κ2) is 8.78. The first-order chi connectivity index (χ1) is 14.7. The van der Waals surface area contributed by atoms with Crippen LogP contribution in [-0.2, 0) is 26.0 Å². The number of sulfonamides is 1. The molecule has 0 radical (unpaired) electrons. The highest BCUT2D eigenvalue weighted by Gasteiger charge is 2.32. The molecule has 0 spiro atoms. The minimum atomic E-state index is -3.62. The maximum Gasteiger partial charge on any atom is 0.243 e. The average Bonchev–Trinajstić information content (AvgIpc) is 2.73. The lowest BCUT2D eigenvalue weighted by Gasteiger charge is -2.34. The molecule has 1 fully saturated rings. The highest BCUT2D eigenvalue weighted by molar-refractivity contribution is 7.89. The maximum absolute atomic E-state index is 13.0. The number of benzene rings is 2. The van der Waals surface area contributed by atoms with Gasteiger partial charge in [-0.1, -0.05) is 11.6 Å². The van der Waals surface area contributed by atoms with Crippen LogP contribution in [0.5, 0.6) is 5.75 Å². The molecule has 31 heavy (non-hydrogen) atoms. The lowest BCUT2D eigenvalue weighted by Crippen LogP contribution is -2.48. The number of anilines is 1. The van der Waals surface area contributed by atoms with E-state index in [9.17, 15) is 13.2 Å². The second-order valence-corrected chi connectivity index (χ2v) is 10.4. The number of carbonyl (C=O) groups is 1. The largest absolute Gasteiger partial charge is 0.492 e. The Labute approximate surface area is 187 Å². The fraction of sp³-hybridized carbons (Fsp3) is 0.409. The van der Waals surface area contributed by atoms with Crippen molar-refractivity contribution < 1.29 is 22.7 Å². The van der Waals surface area contributed by atoms with E-state index in [1.165, 1.54) is 16.4 Å². The van der Waals surface area contributed by atoms with Crippen molar-refractivity contribution in [2.75, 3.05) is 25.0 Å². The van der Waals surface area contributed by atoms with Crippen molar-refractivity contribution in [2.45, 2.75) is 37.4 Å². The highest BCUT2D eigenvalue weighted by Crippen LogP contribution is 2.30. The van der Waals surface area contributed by atoms with E-state index in [1.807, 2.05) is 19.9 Å². The Bertz CT molecular complexity index is 1060. The topological polar surface area (TPSA) is 84.9 Å². The van der Waals surface area contributed by atoms with Gasteiger partial charge in [0.1, 0.15) is 12.4 Å². The van der Waals surface area contributed by atoms with Crippen LogP contribution in [0.25, 0.3) is 0 Å². The molecular formula is C22H25ClN2O5S. The molecule has 3 atom stereocenters. The molecule has 2 aliphatic rings. The summed E-state index contributed by atoms with van der Waals surface area (Å²) in [5.74, 6) is 0.206. The van der Waals surface area contributed by atoms with Crippen molar-refractivity contribution in [3.63, 3.8) is 0 Å². The van der Waals surface area contributed by atoms with Gasteiger partial charge in [-0.2, -0.15) is 4.31 Å². The van der Waals surface area contributed by atoms with Gasteiger partial charge in [-0.25, -0.2) is 8.42 Å². The number of morpholine rings is 1. The predicted octanol–water partition coefficient (Wildman–Crippen LogP) is 3.33. The number of hydrogen-bond donors (Lipinski definition) is 1. The third-order valence-electron chi connectivity index (χ3n) is 5.45. The van der Waals surface area contributed by atoms with E-state index >= 15 is 0 Å². The molecule has 2 heterocycles. The first-order valence-corrected chi connectivity index (χ1v) is 12.0. The monoisotopic (exact) mass is 464 g/mol. The van der Waals surface area contributed by atoms with E-state index in [0.717, 1.165) is 11.3 Å². The molecule has 166 valence electrons. The number of ether oxygens (including phenoxy) is 2. The van der Waals surface area contributed by atoms with E-state index in [1.54, 1.807) is 24.3 Å². The minimum absolute atomic E-state index is 0.158. The number of fused-ring (bicyclic) bond motifs is 1. The zero-order chi connectivity index (χ0) is 22.2. The normalized spacial score (nSPS) is 24.2. The van der Waals surface area contributed by atoms with Crippen LogP contribution < -0.4 is 10.1 Å². The molecule has 7 nitrogen and oxygen atoms in total. The highest BCUT2D eigenvalue weighted by atomic mass is 35.5. The number of nitrogens with zero attached hydrogens (tertiary/aromatic N) is 1. The van der Waals surface area contributed by atoms with Gasteiger partial charge in [-0.3, -0.25) is 4.79 Å². The Morgan fingerprint density at radius 2 is 1.77 bits per heavy atom. The number of halogens is 1. The lowest BCUT2D eigenvalue weighted by atomic mass is 9.96. The zero-order valence-electron chi connectivity index (χ0n) is 17.4. The number of carbonyl (C=O) groups excluding carboxylic acids is 1. The first-order valence-electron chi connectivity index (χ1n) is 10.2. The molecule has 2 aromatic carbocycles. The maximum atomic E-state index is 13.0. The van der Waals surface area contributed by atoms with Crippen molar-refractivity contribution in [3.8, 4) is 5.75 Å². The summed E-state index contributed by atoms with van der Waals surface area (Å²) in [6, 6.07) is 11.6. The van der Waals surface area contributed by atoms with Gasteiger partial charge in [0.05, 0.1) is 23.0 Å². The van der Waals surface area contributed by atoms with Crippen molar-refractivity contribution in [1.29, 1.82) is 0 Å². The van der Waals surface area contributed by atoms with Crippen molar-refractivity contribution >= 4 is 33.2 Å². The smallest absolute Gasteiger partial charge is 0.243 e. The summed E-state index contributed by atoms with van der Waals surface area (Å²) in [5, 5.41) is 3.45. The molecule has 0 bridgehead atoms. The van der Waals surface area contributed by atoms with Gasteiger partial charge in [0.2, 0.25) is 15.9 Å². The third-order valence-corrected chi connectivity index (χ3v) is 7.53. The summed E-state index contributed by atoms with van der Waals surface area (Å²) in [6.07, 6.45) is 0.214. The summed E-state index contributed by atoms with van der Waals surface area (Å²) < 4.78 is 38.7. The molecule has 4 rings (SSSR count). The molecule has 2 aromatic rings. The van der Waals surface area contributed by atoms with Gasteiger partial charge in [0, 0.05) is 23.8 Å². The molecule has 2 aliphatic heterocycles. The Balaban J connectivity index is 1.42. The molecule has 1 saturated heterocycles. The van der Waals surface area contributed by atoms with Crippen LogP contribution in [0.4, 0.5) is 5.69 Å². The first kappa shape index (κ1) is 22.1. The van der Waals surface area contributed by atoms with Gasteiger partial charge in [-0.05, 0) is 68.3 Å². The Kier molecular flexibility index (Phi) is 6.25. The third kappa shape index (κ3) is 4.87. The quantitative estimate of drug-likeness (QED) is 0.750. The lowest BCUT2D eigenvalue weighted by molar-refractivity contribution is -0.121. The Morgan fingerprint density at radius 3 is 2.45 bits per heavy atom. The van der Waals surface area contributed by atoms with Crippen molar-refractivity contribution in [2.24, 2.45) is 5.92 Å². The van der Waals surface area contributed by atoms with Crippen molar-refractivity contribution in [1.82, 2.24) is 4.31 Å². The van der Waals surface area contributed by atoms with Crippen LogP contribution >= 0.6 is 11.6 Å². The van der Waals surface area contributed by atoms with E-state index in [2.05, 4.69) is 5.32 Å². The minimum Gasteiger partial charge on any atom is -0.492 e. The van der Waals surface area contributed by atoms with E-state index in [4.69, 9.17) is 21.1 Å². The average molecular weight is 465 g/mol. The molecule has 9 heteroatoms. The summed E-state index contributed by atoms with van der Waals surface area (Å²) in [7, 11) is -3.62. The van der Waals surface area contributed by atoms with Gasteiger partial charge < -0.3 is 14.8 Å². The van der Waals surface area contributed by atoms with Gasteiger partial charge in [0.15, 0.2) is 0 Å². The molecular weight excluding hydrogens is 440 g/mol. The zero-order valence-corrected chi connectivity index (χ0v) is 18.9. The van der Waals surface area contributed by atoms with Gasteiger partial charge in [-0.15, -0.1) is 0 Å². The molecule has 1 amide bonds. The van der Waals surface area contributed by atoms with E-state index < -0.39 is 10.0 Å². The van der Waals surface area contributed by atoms with Crippen LogP contribution in [0.15, 0.2) is 47.4 Å². The SMILES string of the molecule is CC1CN(S(=O)(=O)c2ccc(NC(=O)C3COc4ccc(Cl)cc4C3)cc2)CC(C)O1. The van der Waals surface area contributed by atoms with Crippen LogP contribution in [0, 0.1) is 5.92 Å². The van der Waals surface area contributed by atoms with Crippen LogP contribution in [0.3, 0.4) is 0 Å².